The Hall–Kier alpha value is -0.890. The number of nitrogens with zero attached hydrogens (tertiary/aromatic N) is 1. The van der Waals surface area contributed by atoms with E-state index in [0.717, 1.165) is 18.9 Å². The highest BCUT2D eigenvalue weighted by Gasteiger charge is 2.16. The smallest absolute Gasteiger partial charge is 0.0326 e. The van der Waals surface area contributed by atoms with E-state index in [4.69, 9.17) is 0 Å². The lowest BCUT2D eigenvalue weighted by atomic mass is 9.91. The van der Waals surface area contributed by atoms with Crippen LogP contribution in [0.25, 0.3) is 0 Å². The second kappa shape index (κ2) is 8.25. The topological polar surface area (TPSA) is 24.9 Å². The van der Waals surface area contributed by atoms with Crippen LogP contribution in [0.1, 0.15) is 64.1 Å². The molecule has 0 saturated carbocycles. The Kier molecular flexibility index (Phi) is 6.96. The number of aromatic nitrogens is 1. The molecule has 0 aliphatic rings. The van der Waals surface area contributed by atoms with Gasteiger partial charge in [0, 0.05) is 18.4 Å². The molecule has 1 rings (SSSR count). The van der Waals surface area contributed by atoms with Gasteiger partial charge in [-0.05, 0) is 48.9 Å². The highest BCUT2D eigenvalue weighted by atomic mass is 14.9. The first-order valence-electron chi connectivity index (χ1n) is 7.38. The molecule has 102 valence electrons. The molecule has 0 saturated heterocycles. The molecular weight excluding hydrogens is 220 g/mol. The van der Waals surface area contributed by atoms with Crippen molar-refractivity contribution in [2.45, 2.75) is 59.4 Å². The van der Waals surface area contributed by atoms with E-state index in [2.05, 4.69) is 44.1 Å². The summed E-state index contributed by atoms with van der Waals surface area (Å²) in [5.74, 6) is 0.761. The van der Waals surface area contributed by atoms with E-state index in [0.29, 0.717) is 6.04 Å². The maximum Gasteiger partial charge on any atom is 0.0326 e. The zero-order valence-electron chi connectivity index (χ0n) is 12.4. The molecule has 1 heterocycles. The lowest BCUT2D eigenvalue weighted by Gasteiger charge is -2.24. The van der Waals surface area contributed by atoms with Crippen molar-refractivity contribution in [2.24, 2.45) is 5.92 Å². The summed E-state index contributed by atoms with van der Waals surface area (Å²) in [5.41, 5.74) is 2.83. The summed E-state index contributed by atoms with van der Waals surface area (Å²) in [7, 11) is 0. The van der Waals surface area contributed by atoms with Gasteiger partial charge in [0.1, 0.15) is 0 Å². The van der Waals surface area contributed by atoms with Gasteiger partial charge < -0.3 is 5.32 Å². The van der Waals surface area contributed by atoms with Gasteiger partial charge in [0.25, 0.3) is 0 Å². The number of aryl methyl sites for hydroxylation is 1. The molecule has 1 aromatic rings. The van der Waals surface area contributed by atoms with E-state index < -0.39 is 0 Å². The Balaban J connectivity index is 2.85. The normalized spacial score (nSPS) is 14.4. The van der Waals surface area contributed by atoms with Crippen LogP contribution in [0.5, 0.6) is 0 Å². The van der Waals surface area contributed by atoms with Crippen LogP contribution in [0.3, 0.4) is 0 Å². The summed E-state index contributed by atoms with van der Waals surface area (Å²) < 4.78 is 0. The van der Waals surface area contributed by atoms with E-state index in [1.165, 1.54) is 30.4 Å². The predicted molar refractivity (Wildman–Crippen MR) is 78.7 cm³/mol. The van der Waals surface area contributed by atoms with Crippen molar-refractivity contribution in [3.05, 3.63) is 29.6 Å². The van der Waals surface area contributed by atoms with Gasteiger partial charge in [-0.15, -0.1) is 0 Å². The minimum Gasteiger partial charge on any atom is -0.310 e. The predicted octanol–water partition coefficient (Wildman–Crippen LogP) is 4.12. The van der Waals surface area contributed by atoms with Crippen LogP contribution in [0, 0.1) is 5.92 Å². The number of hydrogen-bond acceptors (Lipinski definition) is 2. The third-order valence-corrected chi connectivity index (χ3v) is 3.67. The molecule has 0 aliphatic carbocycles. The summed E-state index contributed by atoms with van der Waals surface area (Å²) in [5, 5.41) is 3.70. The van der Waals surface area contributed by atoms with Gasteiger partial charge in [0.15, 0.2) is 0 Å². The van der Waals surface area contributed by atoms with E-state index in [1.807, 2.05) is 12.4 Å². The number of hydrogen-bond donors (Lipinski definition) is 1. The largest absolute Gasteiger partial charge is 0.310 e. The van der Waals surface area contributed by atoms with Crippen LogP contribution in [-0.4, -0.2) is 11.5 Å². The maximum atomic E-state index is 4.25. The van der Waals surface area contributed by atoms with Crippen LogP contribution in [0.15, 0.2) is 18.5 Å². The van der Waals surface area contributed by atoms with Crippen LogP contribution >= 0.6 is 0 Å². The average molecular weight is 248 g/mol. The number of nitrogens with one attached hydrogen (secondary N) is 1. The molecule has 0 spiro atoms. The summed E-state index contributed by atoms with van der Waals surface area (Å²) >= 11 is 0. The highest BCUT2D eigenvalue weighted by Crippen LogP contribution is 2.25. The van der Waals surface area contributed by atoms with E-state index in [1.54, 1.807) is 0 Å². The van der Waals surface area contributed by atoms with Crippen molar-refractivity contribution in [3.8, 4) is 0 Å². The molecule has 0 radical (unpaired) electrons. The van der Waals surface area contributed by atoms with Crippen molar-refractivity contribution in [2.75, 3.05) is 6.54 Å². The average Bonchev–Trinajstić information content (AvgIpc) is 2.43. The maximum absolute atomic E-state index is 4.25. The number of pyridine rings is 1. The second-order valence-electron chi connectivity index (χ2n) is 5.18. The fourth-order valence-corrected chi connectivity index (χ4v) is 2.28. The highest BCUT2D eigenvalue weighted by molar-refractivity contribution is 5.26. The van der Waals surface area contributed by atoms with Crippen LogP contribution < -0.4 is 5.32 Å². The molecule has 0 bridgehead atoms. The van der Waals surface area contributed by atoms with Gasteiger partial charge in [-0.1, -0.05) is 34.1 Å². The molecule has 0 aliphatic heterocycles. The Labute approximate surface area is 112 Å². The lowest BCUT2D eigenvalue weighted by molar-refractivity contribution is 0.400. The molecule has 1 N–H and O–H groups in total. The molecule has 18 heavy (non-hydrogen) atoms. The molecule has 2 heteroatoms. The van der Waals surface area contributed by atoms with E-state index in [-0.39, 0.29) is 0 Å². The van der Waals surface area contributed by atoms with Gasteiger partial charge in [-0.3, -0.25) is 4.98 Å². The monoisotopic (exact) mass is 248 g/mol. The first-order valence-corrected chi connectivity index (χ1v) is 7.38. The first kappa shape index (κ1) is 15.2. The minimum atomic E-state index is 0.484. The van der Waals surface area contributed by atoms with E-state index in [9.17, 15) is 0 Å². The Morgan fingerprint density at radius 2 is 2.06 bits per heavy atom. The zero-order valence-corrected chi connectivity index (χ0v) is 12.4. The minimum absolute atomic E-state index is 0.484. The molecule has 2 atom stereocenters. The van der Waals surface area contributed by atoms with Crippen LogP contribution in [-0.2, 0) is 6.42 Å². The van der Waals surface area contributed by atoms with Gasteiger partial charge in [0.05, 0.1) is 0 Å². The standard InChI is InChI=1S/C16H28N2/c1-5-9-18-16(11-13(4)6-2)15-8-10-17-12-14(15)7-3/h8,10,12-13,16,18H,5-7,9,11H2,1-4H3. The summed E-state index contributed by atoms with van der Waals surface area (Å²) in [6.45, 7) is 10.1. The van der Waals surface area contributed by atoms with Crippen molar-refractivity contribution >= 4 is 0 Å². The van der Waals surface area contributed by atoms with Crippen molar-refractivity contribution < 1.29 is 0 Å². The van der Waals surface area contributed by atoms with Crippen LogP contribution in [0.4, 0.5) is 0 Å². The number of rotatable bonds is 8. The molecule has 2 nitrogen and oxygen atoms in total. The third-order valence-electron chi connectivity index (χ3n) is 3.67. The summed E-state index contributed by atoms with van der Waals surface area (Å²) in [6.07, 6.45) is 8.65. The zero-order chi connectivity index (χ0) is 13.4. The molecule has 0 fully saturated rings. The van der Waals surface area contributed by atoms with Gasteiger partial charge in [-0.2, -0.15) is 0 Å². The Morgan fingerprint density at radius 1 is 1.28 bits per heavy atom. The Morgan fingerprint density at radius 3 is 2.67 bits per heavy atom. The fraction of sp³-hybridized carbons (Fsp3) is 0.688. The van der Waals surface area contributed by atoms with E-state index >= 15 is 0 Å². The fourth-order valence-electron chi connectivity index (χ4n) is 2.28. The Bertz CT molecular complexity index is 336. The molecule has 2 unspecified atom stereocenters. The quantitative estimate of drug-likeness (QED) is 0.748. The van der Waals surface area contributed by atoms with Crippen molar-refractivity contribution in [1.29, 1.82) is 0 Å². The molecule has 1 aromatic heterocycles. The summed E-state index contributed by atoms with van der Waals surface area (Å²) in [4.78, 5) is 4.25. The SMILES string of the molecule is CCCNC(CC(C)CC)c1ccncc1CC. The van der Waals surface area contributed by atoms with Crippen molar-refractivity contribution in [3.63, 3.8) is 0 Å². The molecular formula is C16H28N2. The van der Waals surface area contributed by atoms with Crippen LogP contribution in [0.2, 0.25) is 0 Å². The van der Waals surface area contributed by atoms with Crippen molar-refractivity contribution in [1.82, 2.24) is 10.3 Å². The molecule has 0 amide bonds. The second-order valence-corrected chi connectivity index (χ2v) is 5.18. The van der Waals surface area contributed by atoms with Gasteiger partial charge in [-0.25, -0.2) is 0 Å². The first-order chi connectivity index (χ1) is 8.72. The molecule has 0 aromatic carbocycles. The van der Waals surface area contributed by atoms with Gasteiger partial charge >= 0.3 is 0 Å². The van der Waals surface area contributed by atoms with Gasteiger partial charge in [0.2, 0.25) is 0 Å². The lowest BCUT2D eigenvalue weighted by Crippen LogP contribution is -2.25. The third kappa shape index (κ3) is 4.41. The summed E-state index contributed by atoms with van der Waals surface area (Å²) in [6, 6.07) is 2.67.